The van der Waals surface area contributed by atoms with Gasteiger partial charge in [-0.05, 0) is 5.56 Å². The van der Waals surface area contributed by atoms with E-state index in [0.29, 0.717) is 5.88 Å². The second-order valence-corrected chi connectivity index (χ2v) is 2.87. The van der Waals surface area contributed by atoms with Crippen molar-refractivity contribution < 1.29 is 0 Å². The van der Waals surface area contributed by atoms with Crippen molar-refractivity contribution in [1.82, 2.24) is 0 Å². The zero-order chi connectivity index (χ0) is 7.40. The van der Waals surface area contributed by atoms with Crippen molar-refractivity contribution in [3.8, 4) is 0 Å². The van der Waals surface area contributed by atoms with Gasteiger partial charge in [0, 0.05) is 5.88 Å². The van der Waals surface area contributed by atoms with Crippen molar-refractivity contribution >= 4 is 23.2 Å². The van der Waals surface area contributed by atoms with Crippen LogP contribution in [0.3, 0.4) is 0 Å². The van der Waals surface area contributed by atoms with E-state index in [1.165, 1.54) is 0 Å². The SMILES string of the molecule is ClCC(Cl)c1ccccc1. The van der Waals surface area contributed by atoms with E-state index in [9.17, 15) is 0 Å². The van der Waals surface area contributed by atoms with E-state index in [4.69, 9.17) is 23.2 Å². The maximum absolute atomic E-state index is 5.86. The van der Waals surface area contributed by atoms with Crippen molar-refractivity contribution in [3.05, 3.63) is 35.9 Å². The van der Waals surface area contributed by atoms with Gasteiger partial charge < -0.3 is 0 Å². The summed E-state index contributed by atoms with van der Waals surface area (Å²) in [6.07, 6.45) is 0. The molecular formula is C8H8Cl2. The molecule has 0 amide bonds. The van der Waals surface area contributed by atoms with Gasteiger partial charge in [0.05, 0.1) is 5.38 Å². The van der Waals surface area contributed by atoms with Crippen LogP contribution in [0.5, 0.6) is 0 Å². The molecule has 1 unspecified atom stereocenters. The van der Waals surface area contributed by atoms with Gasteiger partial charge in [-0.25, -0.2) is 0 Å². The molecule has 0 saturated heterocycles. The monoisotopic (exact) mass is 174 g/mol. The van der Waals surface area contributed by atoms with Crippen molar-refractivity contribution in [3.63, 3.8) is 0 Å². The van der Waals surface area contributed by atoms with Gasteiger partial charge in [0.25, 0.3) is 0 Å². The van der Waals surface area contributed by atoms with Gasteiger partial charge in [0.15, 0.2) is 0 Å². The lowest BCUT2D eigenvalue weighted by atomic mass is 10.2. The van der Waals surface area contributed by atoms with Crippen LogP contribution in [0.4, 0.5) is 0 Å². The second-order valence-electron chi connectivity index (χ2n) is 2.03. The highest BCUT2D eigenvalue weighted by atomic mass is 35.5. The molecule has 0 aliphatic carbocycles. The summed E-state index contributed by atoms with van der Waals surface area (Å²) in [5.41, 5.74) is 1.08. The number of benzene rings is 1. The average Bonchev–Trinajstić information content (AvgIpc) is 2.05. The smallest absolute Gasteiger partial charge is 0.0720 e. The van der Waals surface area contributed by atoms with Crippen molar-refractivity contribution in [2.24, 2.45) is 0 Å². The third-order valence-corrected chi connectivity index (χ3v) is 2.17. The number of hydrogen-bond donors (Lipinski definition) is 0. The zero-order valence-corrected chi connectivity index (χ0v) is 6.94. The lowest BCUT2D eigenvalue weighted by Crippen LogP contribution is -1.89. The number of alkyl halides is 2. The van der Waals surface area contributed by atoms with E-state index in [-0.39, 0.29) is 5.38 Å². The number of halogens is 2. The summed E-state index contributed by atoms with van der Waals surface area (Å²) < 4.78 is 0. The topological polar surface area (TPSA) is 0 Å². The summed E-state index contributed by atoms with van der Waals surface area (Å²) in [6, 6.07) is 9.82. The van der Waals surface area contributed by atoms with Crippen molar-refractivity contribution in [2.75, 3.05) is 5.88 Å². The van der Waals surface area contributed by atoms with Gasteiger partial charge in [-0.2, -0.15) is 0 Å². The standard InChI is InChI=1S/C8H8Cl2/c9-6-8(10)7-4-2-1-3-5-7/h1-5,8H,6H2. The lowest BCUT2D eigenvalue weighted by Gasteiger charge is -2.03. The van der Waals surface area contributed by atoms with Crippen LogP contribution in [0.15, 0.2) is 30.3 Å². The summed E-state index contributed by atoms with van der Waals surface area (Å²) in [4.78, 5) is 0. The first-order valence-corrected chi connectivity index (χ1v) is 4.06. The third-order valence-electron chi connectivity index (χ3n) is 1.30. The largest absolute Gasteiger partial charge is 0.125 e. The van der Waals surface area contributed by atoms with Crippen molar-refractivity contribution in [1.29, 1.82) is 0 Å². The molecule has 1 rings (SSSR count). The first-order chi connectivity index (χ1) is 4.84. The third kappa shape index (κ3) is 1.89. The number of hydrogen-bond acceptors (Lipinski definition) is 0. The van der Waals surface area contributed by atoms with E-state index in [2.05, 4.69) is 0 Å². The molecule has 0 spiro atoms. The van der Waals surface area contributed by atoms with Gasteiger partial charge in [0.2, 0.25) is 0 Å². The van der Waals surface area contributed by atoms with Crippen molar-refractivity contribution in [2.45, 2.75) is 5.38 Å². The van der Waals surface area contributed by atoms with E-state index in [1.54, 1.807) is 0 Å². The molecule has 0 saturated carbocycles. The summed E-state index contributed by atoms with van der Waals surface area (Å²) in [5, 5.41) is -0.0529. The van der Waals surface area contributed by atoms with Crippen LogP contribution in [-0.4, -0.2) is 5.88 Å². The average molecular weight is 175 g/mol. The Bertz CT molecular complexity index is 184. The Kier molecular flexibility index (Phi) is 3.04. The number of rotatable bonds is 2. The highest BCUT2D eigenvalue weighted by Crippen LogP contribution is 2.20. The molecule has 54 valence electrons. The normalized spacial score (nSPS) is 13.0. The molecule has 0 fully saturated rings. The Labute approximate surface area is 70.8 Å². The first-order valence-electron chi connectivity index (χ1n) is 3.09. The molecule has 0 bridgehead atoms. The molecule has 0 aliphatic rings. The zero-order valence-electron chi connectivity index (χ0n) is 5.43. The Balaban J connectivity index is 2.75. The molecule has 0 radical (unpaired) electrons. The van der Waals surface area contributed by atoms with E-state index in [0.717, 1.165) is 5.56 Å². The second kappa shape index (κ2) is 3.85. The molecule has 0 nitrogen and oxygen atoms in total. The summed E-state index contributed by atoms with van der Waals surface area (Å²) in [6.45, 7) is 0. The minimum atomic E-state index is -0.0529. The molecule has 0 aromatic heterocycles. The predicted molar refractivity (Wildman–Crippen MR) is 45.8 cm³/mol. The van der Waals surface area contributed by atoms with Gasteiger partial charge in [-0.3, -0.25) is 0 Å². The Morgan fingerprint density at radius 2 is 1.80 bits per heavy atom. The van der Waals surface area contributed by atoms with Gasteiger partial charge in [0.1, 0.15) is 0 Å². The molecule has 2 heteroatoms. The molecule has 1 aromatic rings. The van der Waals surface area contributed by atoms with Crippen LogP contribution < -0.4 is 0 Å². The van der Waals surface area contributed by atoms with Gasteiger partial charge in [-0.1, -0.05) is 30.3 Å². The molecule has 1 atom stereocenters. The molecule has 10 heavy (non-hydrogen) atoms. The Morgan fingerprint density at radius 1 is 1.20 bits per heavy atom. The quantitative estimate of drug-likeness (QED) is 0.605. The maximum Gasteiger partial charge on any atom is 0.0720 e. The van der Waals surface area contributed by atoms with E-state index in [1.807, 2.05) is 30.3 Å². The highest BCUT2D eigenvalue weighted by molar-refractivity contribution is 6.28. The highest BCUT2D eigenvalue weighted by Gasteiger charge is 2.02. The summed E-state index contributed by atoms with van der Waals surface area (Å²) in [7, 11) is 0. The molecule has 0 N–H and O–H groups in total. The molecule has 0 aliphatic heterocycles. The summed E-state index contributed by atoms with van der Waals surface area (Å²) >= 11 is 11.4. The Hall–Kier alpha value is -0.200. The van der Waals surface area contributed by atoms with Crippen LogP contribution in [0.2, 0.25) is 0 Å². The van der Waals surface area contributed by atoms with Crippen LogP contribution in [0.25, 0.3) is 0 Å². The molecule has 1 aromatic carbocycles. The Morgan fingerprint density at radius 3 is 2.30 bits per heavy atom. The fourth-order valence-electron chi connectivity index (χ4n) is 0.751. The first kappa shape index (κ1) is 7.90. The minimum absolute atomic E-state index is 0.0529. The molecular weight excluding hydrogens is 167 g/mol. The van der Waals surface area contributed by atoms with E-state index >= 15 is 0 Å². The minimum Gasteiger partial charge on any atom is -0.125 e. The molecule has 0 heterocycles. The maximum atomic E-state index is 5.86. The van der Waals surface area contributed by atoms with Gasteiger partial charge in [-0.15, -0.1) is 23.2 Å². The summed E-state index contributed by atoms with van der Waals surface area (Å²) in [5.74, 6) is 0.464. The predicted octanol–water partition coefficient (Wildman–Crippen LogP) is 3.21. The fraction of sp³-hybridized carbons (Fsp3) is 0.250. The van der Waals surface area contributed by atoms with Gasteiger partial charge >= 0.3 is 0 Å². The van der Waals surface area contributed by atoms with Crippen LogP contribution in [0.1, 0.15) is 10.9 Å². The van der Waals surface area contributed by atoms with E-state index < -0.39 is 0 Å². The van der Waals surface area contributed by atoms with Crippen LogP contribution >= 0.6 is 23.2 Å². The van der Waals surface area contributed by atoms with Crippen LogP contribution in [-0.2, 0) is 0 Å². The fourth-order valence-corrected chi connectivity index (χ4v) is 1.07. The lowest BCUT2D eigenvalue weighted by molar-refractivity contribution is 1.09. The van der Waals surface area contributed by atoms with Crippen LogP contribution in [0, 0.1) is 0 Å².